The number of halogens is 1. The van der Waals surface area contributed by atoms with E-state index in [4.69, 9.17) is 20.4 Å². The number of carbonyl (C=O) groups excluding carboxylic acids is 1. The van der Waals surface area contributed by atoms with Gasteiger partial charge in [-0.15, -0.1) is 10.2 Å². The summed E-state index contributed by atoms with van der Waals surface area (Å²) in [6.45, 7) is 0. The zero-order valence-corrected chi connectivity index (χ0v) is 12.6. The minimum absolute atomic E-state index is 0.102. The van der Waals surface area contributed by atoms with Crippen LogP contribution in [0.1, 0.15) is 0 Å². The van der Waals surface area contributed by atoms with Gasteiger partial charge in [-0.2, -0.15) is 0 Å². The van der Waals surface area contributed by atoms with Crippen LogP contribution in [0.3, 0.4) is 0 Å². The summed E-state index contributed by atoms with van der Waals surface area (Å²) >= 11 is 6.98. The van der Waals surface area contributed by atoms with E-state index in [-0.39, 0.29) is 27.9 Å². The van der Waals surface area contributed by atoms with E-state index in [1.807, 2.05) is 0 Å². The molecule has 0 radical (unpaired) electrons. The topological polar surface area (TPSA) is 94.0 Å². The Hall–Kier alpha value is -2.32. The number of pyridine rings is 1. The summed E-state index contributed by atoms with van der Waals surface area (Å²) in [5, 5.41) is 10.8. The molecule has 3 rings (SSSR count). The summed E-state index contributed by atoms with van der Waals surface area (Å²) < 4.78 is 10.5. The molecule has 0 aliphatic heterocycles. The molecule has 0 atom stereocenters. The van der Waals surface area contributed by atoms with Gasteiger partial charge < -0.3 is 14.2 Å². The molecule has 0 aliphatic rings. The van der Waals surface area contributed by atoms with Crippen LogP contribution in [0.2, 0.25) is 5.15 Å². The zero-order chi connectivity index (χ0) is 15.4. The molecular formula is C13H9ClN4O3S. The maximum atomic E-state index is 11.8. The number of nitrogens with one attached hydrogen (secondary N) is 1. The summed E-state index contributed by atoms with van der Waals surface area (Å²) in [6, 6.07) is 6.78. The summed E-state index contributed by atoms with van der Waals surface area (Å²) in [5.74, 6) is 0.595. The third-order valence-electron chi connectivity index (χ3n) is 2.50. The maximum absolute atomic E-state index is 11.8. The van der Waals surface area contributed by atoms with E-state index < -0.39 is 0 Å². The van der Waals surface area contributed by atoms with Gasteiger partial charge in [0.1, 0.15) is 0 Å². The molecule has 3 aromatic rings. The summed E-state index contributed by atoms with van der Waals surface area (Å²) in [7, 11) is 0. The quantitative estimate of drug-likeness (QED) is 0.565. The van der Waals surface area contributed by atoms with Crippen molar-refractivity contribution < 1.29 is 13.6 Å². The number of hydrogen-bond donors (Lipinski definition) is 1. The number of rotatable bonds is 5. The van der Waals surface area contributed by atoms with E-state index in [1.54, 1.807) is 30.5 Å². The molecule has 1 amide bonds. The van der Waals surface area contributed by atoms with Crippen LogP contribution in [0, 0.1) is 0 Å². The molecule has 0 saturated heterocycles. The number of carbonyl (C=O) groups is 1. The van der Waals surface area contributed by atoms with Gasteiger partial charge in [0.25, 0.3) is 11.1 Å². The summed E-state index contributed by atoms with van der Waals surface area (Å²) in [6.07, 6.45) is 3.05. The Balaban J connectivity index is 1.56. The van der Waals surface area contributed by atoms with Gasteiger partial charge in [-0.25, -0.2) is 4.98 Å². The first kappa shape index (κ1) is 14.6. The van der Waals surface area contributed by atoms with E-state index >= 15 is 0 Å². The first-order valence-corrected chi connectivity index (χ1v) is 7.49. The SMILES string of the molecule is O=C(CSc1nnc(-c2ccco2)o1)Nc1cccnc1Cl. The number of hydrogen-bond acceptors (Lipinski definition) is 7. The van der Waals surface area contributed by atoms with Crippen molar-refractivity contribution in [1.82, 2.24) is 15.2 Å². The molecule has 7 nitrogen and oxygen atoms in total. The molecule has 0 aromatic carbocycles. The van der Waals surface area contributed by atoms with Gasteiger partial charge in [-0.1, -0.05) is 23.4 Å². The molecule has 0 spiro atoms. The fraction of sp³-hybridized carbons (Fsp3) is 0.0769. The van der Waals surface area contributed by atoms with Crippen LogP contribution in [-0.4, -0.2) is 26.8 Å². The number of amides is 1. The predicted octanol–water partition coefficient (Wildman–Crippen LogP) is 3.11. The highest BCUT2D eigenvalue weighted by atomic mass is 35.5. The molecule has 9 heteroatoms. The Morgan fingerprint density at radius 1 is 1.32 bits per heavy atom. The van der Waals surface area contributed by atoms with Crippen LogP contribution in [-0.2, 0) is 4.79 Å². The number of nitrogens with zero attached hydrogens (tertiary/aromatic N) is 3. The second-order valence-corrected chi connectivity index (χ2v) is 5.31. The van der Waals surface area contributed by atoms with Crippen molar-refractivity contribution >= 4 is 35.0 Å². The standard InChI is InChI=1S/C13H9ClN4O3S/c14-11-8(3-1-5-15-11)16-10(19)7-22-13-18-17-12(21-13)9-4-2-6-20-9/h1-6H,7H2,(H,16,19). The Morgan fingerprint density at radius 3 is 3.00 bits per heavy atom. The van der Waals surface area contributed by atoms with Gasteiger partial charge in [0.2, 0.25) is 5.91 Å². The van der Waals surface area contributed by atoms with E-state index in [0.717, 1.165) is 11.8 Å². The lowest BCUT2D eigenvalue weighted by Gasteiger charge is -2.04. The lowest BCUT2D eigenvalue weighted by atomic mass is 10.4. The van der Waals surface area contributed by atoms with Crippen LogP contribution in [0.5, 0.6) is 0 Å². The average Bonchev–Trinajstić information content (AvgIpc) is 3.18. The van der Waals surface area contributed by atoms with Crippen molar-refractivity contribution in [3.05, 3.63) is 41.9 Å². The zero-order valence-electron chi connectivity index (χ0n) is 11.0. The van der Waals surface area contributed by atoms with Crippen molar-refractivity contribution in [3.8, 4) is 11.7 Å². The molecule has 0 aliphatic carbocycles. The van der Waals surface area contributed by atoms with Crippen molar-refractivity contribution in [3.63, 3.8) is 0 Å². The van der Waals surface area contributed by atoms with Gasteiger partial charge in [-0.05, 0) is 24.3 Å². The van der Waals surface area contributed by atoms with Crippen molar-refractivity contribution in [2.45, 2.75) is 5.22 Å². The molecular weight excluding hydrogens is 328 g/mol. The van der Waals surface area contributed by atoms with Crippen LogP contribution in [0.25, 0.3) is 11.7 Å². The lowest BCUT2D eigenvalue weighted by Crippen LogP contribution is -2.14. The molecule has 22 heavy (non-hydrogen) atoms. The molecule has 0 fully saturated rings. The average molecular weight is 337 g/mol. The van der Waals surface area contributed by atoms with E-state index in [0.29, 0.717) is 11.4 Å². The predicted molar refractivity (Wildman–Crippen MR) is 80.6 cm³/mol. The van der Waals surface area contributed by atoms with Crippen LogP contribution in [0.15, 0.2) is 50.8 Å². The first-order valence-electron chi connectivity index (χ1n) is 6.13. The van der Waals surface area contributed by atoms with Gasteiger partial charge >= 0.3 is 0 Å². The molecule has 112 valence electrons. The Labute approximate surface area is 134 Å². The maximum Gasteiger partial charge on any atom is 0.284 e. The Kier molecular flexibility index (Phi) is 4.40. The van der Waals surface area contributed by atoms with Crippen molar-refractivity contribution in [1.29, 1.82) is 0 Å². The molecule has 0 bridgehead atoms. The monoisotopic (exact) mass is 336 g/mol. The Bertz CT molecular complexity index is 775. The fourth-order valence-corrected chi connectivity index (χ4v) is 2.29. The molecule has 3 heterocycles. The van der Waals surface area contributed by atoms with E-state index in [1.165, 1.54) is 6.26 Å². The van der Waals surface area contributed by atoms with Gasteiger partial charge in [-0.3, -0.25) is 4.79 Å². The third kappa shape index (κ3) is 3.46. The van der Waals surface area contributed by atoms with E-state index in [2.05, 4.69) is 20.5 Å². The molecule has 1 N–H and O–H groups in total. The molecule has 3 aromatic heterocycles. The lowest BCUT2D eigenvalue weighted by molar-refractivity contribution is -0.113. The minimum atomic E-state index is -0.252. The highest BCUT2D eigenvalue weighted by molar-refractivity contribution is 7.99. The largest absolute Gasteiger partial charge is 0.459 e. The number of furan rings is 1. The number of aromatic nitrogens is 3. The van der Waals surface area contributed by atoms with Gasteiger partial charge in [0.05, 0.1) is 17.7 Å². The smallest absolute Gasteiger partial charge is 0.284 e. The molecule has 0 saturated carbocycles. The van der Waals surface area contributed by atoms with E-state index in [9.17, 15) is 4.79 Å². The normalized spacial score (nSPS) is 10.6. The van der Waals surface area contributed by atoms with Gasteiger partial charge in [0, 0.05) is 6.20 Å². The number of anilines is 1. The van der Waals surface area contributed by atoms with Crippen LogP contribution >= 0.6 is 23.4 Å². The fourth-order valence-electron chi connectivity index (χ4n) is 1.56. The molecule has 0 unspecified atom stereocenters. The van der Waals surface area contributed by atoms with Crippen LogP contribution < -0.4 is 5.32 Å². The van der Waals surface area contributed by atoms with Gasteiger partial charge in [0.15, 0.2) is 10.9 Å². The highest BCUT2D eigenvalue weighted by Crippen LogP contribution is 2.24. The minimum Gasteiger partial charge on any atom is -0.459 e. The second-order valence-electron chi connectivity index (χ2n) is 4.03. The second kappa shape index (κ2) is 6.63. The van der Waals surface area contributed by atoms with Crippen LogP contribution in [0.4, 0.5) is 5.69 Å². The Morgan fingerprint density at radius 2 is 2.23 bits per heavy atom. The first-order chi connectivity index (χ1) is 10.7. The third-order valence-corrected chi connectivity index (χ3v) is 3.62. The van der Waals surface area contributed by atoms with Crippen molar-refractivity contribution in [2.75, 3.05) is 11.1 Å². The highest BCUT2D eigenvalue weighted by Gasteiger charge is 2.13. The van der Waals surface area contributed by atoms with Crippen molar-refractivity contribution in [2.24, 2.45) is 0 Å². The summed E-state index contributed by atoms with van der Waals surface area (Å²) in [5.41, 5.74) is 0.455. The number of thioether (sulfide) groups is 1. The summed E-state index contributed by atoms with van der Waals surface area (Å²) in [4.78, 5) is 15.7.